The number of amides is 1. The lowest BCUT2D eigenvalue weighted by Crippen LogP contribution is -2.27. The van der Waals surface area contributed by atoms with Crippen LogP contribution in [0.5, 0.6) is 5.75 Å². The molecule has 2 rings (SSSR count). The summed E-state index contributed by atoms with van der Waals surface area (Å²) in [5, 5.41) is 2.85. The number of rotatable bonds is 1. The zero-order valence-electron chi connectivity index (χ0n) is 8.20. The molecule has 1 aromatic heterocycles. The third-order valence-electron chi connectivity index (χ3n) is 2.28. The predicted octanol–water partition coefficient (Wildman–Crippen LogP) is 0.960. The van der Waals surface area contributed by atoms with Crippen molar-refractivity contribution in [2.45, 2.75) is 19.9 Å². The molecule has 1 atom stereocenters. The van der Waals surface area contributed by atoms with Crippen LogP contribution in [0.25, 0.3) is 0 Å². The number of fused-ring (bicyclic) bond motifs is 1. The Balaban J connectivity index is 2.33. The minimum atomic E-state index is -0.0392. The second kappa shape index (κ2) is 3.29. The number of ether oxygens (including phenoxy) is 1. The standard InChI is InChI=1S/C10H12N2O2/c1-6-3-11-4-9-10(6)8(5-14-9)12-7(2)13/h3-4,8H,5H2,1-2H3,(H,12,13). The van der Waals surface area contributed by atoms with Crippen LogP contribution in [0.4, 0.5) is 0 Å². The van der Waals surface area contributed by atoms with E-state index in [1.165, 1.54) is 6.92 Å². The maximum Gasteiger partial charge on any atom is 0.217 e. The lowest BCUT2D eigenvalue weighted by Gasteiger charge is -2.10. The highest BCUT2D eigenvalue weighted by molar-refractivity contribution is 5.73. The SMILES string of the molecule is CC(=O)NC1COc2cncc(C)c21. The molecule has 74 valence electrons. The summed E-state index contributed by atoms with van der Waals surface area (Å²) in [7, 11) is 0. The Morgan fingerprint density at radius 2 is 2.43 bits per heavy atom. The molecule has 1 aliphatic heterocycles. The first kappa shape index (κ1) is 8.99. The maximum atomic E-state index is 10.9. The lowest BCUT2D eigenvalue weighted by atomic mass is 10.1. The Bertz CT molecular complexity index is 376. The molecule has 0 aliphatic carbocycles. The van der Waals surface area contributed by atoms with Crippen molar-refractivity contribution < 1.29 is 9.53 Å². The number of carbonyl (C=O) groups excluding carboxylic acids is 1. The van der Waals surface area contributed by atoms with E-state index >= 15 is 0 Å². The van der Waals surface area contributed by atoms with Gasteiger partial charge in [0.2, 0.25) is 5.91 Å². The van der Waals surface area contributed by atoms with E-state index < -0.39 is 0 Å². The summed E-state index contributed by atoms with van der Waals surface area (Å²) < 4.78 is 5.42. The number of pyridine rings is 1. The van der Waals surface area contributed by atoms with Gasteiger partial charge < -0.3 is 10.1 Å². The molecule has 2 heterocycles. The third-order valence-corrected chi connectivity index (χ3v) is 2.28. The molecule has 1 amide bonds. The first-order valence-corrected chi connectivity index (χ1v) is 4.53. The number of aromatic nitrogens is 1. The van der Waals surface area contributed by atoms with E-state index in [4.69, 9.17) is 4.74 Å². The van der Waals surface area contributed by atoms with Gasteiger partial charge in [0.25, 0.3) is 0 Å². The third kappa shape index (κ3) is 1.43. The molecule has 4 heteroatoms. The van der Waals surface area contributed by atoms with Crippen LogP contribution in [0.15, 0.2) is 12.4 Å². The molecule has 0 radical (unpaired) electrons. The van der Waals surface area contributed by atoms with Crippen molar-refractivity contribution in [3.05, 3.63) is 23.5 Å². The average molecular weight is 192 g/mol. The van der Waals surface area contributed by atoms with E-state index in [0.717, 1.165) is 16.9 Å². The second-order valence-electron chi connectivity index (χ2n) is 3.43. The summed E-state index contributed by atoms with van der Waals surface area (Å²) in [4.78, 5) is 15.0. The molecular formula is C10H12N2O2. The van der Waals surface area contributed by atoms with Crippen LogP contribution in [0, 0.1) is 6.92 Å². The summed E-state index contributed by atoms with van der Waals surface area (Å²) in [5.74, 6) is 0.742. The Labute approximate surface area is 82.3 Å². The summed E-state index contributed by atoms with van der Waals surface area (Å²) in [6, 6.07) is -0.0227. The van der Waals surface area contributed by atoms with Gasteiger partial charge in [-0.2, -0.15) is 0 Å². The highest BCUT2D eigenvalue weighted by Crippen LogP contribution is 2.33. The van der Waals surface area contributed by atoms with Crippen molar-refractivity contribution in [3.63, 3.8) is 0 Å². The van der Waals surface area contributed by atoms with E-state index in [1.807, 2.05) is 6.92 Å². The van der Waals surface area contributed by atoms with Crippen molar-refractivity contribution in [3.8, 4) is 5.75 Å². The van der Waals surface area contributed by atoms with Crippen molar-refractivity contribution in [1.29, 1.82) is 0 Å². The van der Waals surface area contributed by atoms with Crippen LogP contribution in [0.2, 0.25) is 0 Å². The molecule has 1 aliphatic rings. The lowest BCUT2D eigenvalue weighted by molar-refractivity contribution is -0.119. The number of nitrogens with zero attached hydrogens (tertiary/aromatic N) is 1. The first-order valence-electron chi connectivity index (χ1n) is 4.53. The fourth-order valence-electron chi connectivity index (χ4n) is 1.73. The normalized spacial score (nSPS) is 18.6. The van der Waals surface area contributed by atoms with E-state index in [1.54, 1.807) is 12.4 Å². The van der Waals surface area contributed by atoms with Gasteiger partial charge in [-0.1, -0.05) is 0 Å². The molecular weight excluding hydrogens is 180 g/mol. The van der Waals surface area contributed by atoms with Gasteiger partial charge in [-0.3, -0.25) is 9.78 Å². The van der Waals surface area contributed by atoms with E-state index in [9.17, 15) is 4.79 Å². The van der Waals surface area contributed by atoms with Gasteiger partial charge in [-0.05, 0) is 12.5 Å². The molecule has 14 heavy (non-hydrogen) atoms. The van der Waals surface area contributed by atoms with Crippen LogP contribution in [-0.2, 0) is 4.79 Å². The fourth-order valence-corrected chi connectivity index (χ4v) is 1.73. The number of nitrogens with one attached hydrogen (secondary N) is 1. The van der Waals surface area contributed by atoms with Crippen molar-refractivity contribution in [1.82, 2.24) is 10.3 Å². The monoisotopic (exact) mass is 192 g/mol. The van der Waals surface area contributed by atoms with Crippen LogP contribution >= 0.6 is 0 Å². The maximum absolute atomic E-state index is 10.9. The minimum absolute atomic E-state index is 0.0227. The molecule has 0 saturated heterocycles. The molecule has 0 aromatic carbocycles. The average Bonchev–Trinajstić information content (AvgIpc) is 2.49. The highest BCUT2D eigenvalue weighted by Gasteiger charge is 2.26. The van der Waals surface area contributed by atoms with Crippen LogP contribution in [-0.4, -0.2) is 17.5 Å². The molecule has 0 spiro atoms. The molecule has 1 aromatic rings. The zero-order chi connectivity index (χ0) is 10.1. The van der Waals surface area contributed by atoms with Crippen LogP contribution in [0.1, 0.15) is 24.1 Å². The van der Waals surface area contributed by atoms with E-state index in [2.05, 4.69) is 10.3 Å². The predicted molar refractivity (Wildman–Crippen MR) is 51.0 cm³/mol. The molecule has 1 N–H and O–H groups in total. The van der Waals surface area contributed by atoms with Crippen molar-refractivity contribution in [2.24, 2.45) is 0 Å². The van der Waals surface area contributed by atoms with Crippen molar-refractivity contribution >= 4 is 5.91 Å². The van der Waals surface area contributed by atoms with Gasteiger partial charge in [0.15, 0.2) is 0 Å². The van der Waals surface area contributed by atoms with E-state index in [-0.39, 0.29) is 11.9 Å². The van der Waals surface area contributed by atoms with Crippen molar-refractivity contribution in [2.75, 3.05) is 6.61 Å². The summed E-state index contributed by atoms with van der Waals surface area (Å²) >= 11 is 0. The molecule has 4 nitrogen and oxygen atoms in total. The van der Waals surface area contributed by atoms with Gasteiger partial charge in [-0.15, -0.1) is 0 Å². The van der Waals surface area contributed by atoms with E-state index in [0.29, 0.717) is 6.61 Å². The van der Waals surface area contributed by atoms with Gasteiger partial charge in [0, 0.05) is 18.7 Å². The Kier molecular flexibility index (Phi) is 2.11. The number of aryl methyl sites for hydroxylation is 1. The molecule has 0 bridgehead atoms. The fraction of sp³-hybridized carbons (Fsp3) is 0.400. The number of carbonyl (C=O) groups is 1. The Morgan fingerprint density at radius 1 is 1.64 bits per heavy atom. The topological polar surface area (TPSA) is 51.2 Å². The largest absolute Gasteiger partial charge is 0.489 e. The molecule has 1 unspecified atom stereocenters. The van der Waals surface area contributed by atoms with Crippen LogP contribution < -0.4 is 10.1 Å². The molecule has 0 fully saturated rings. The summed E-state index contributed by atoms with van der Waals surface area (Å²) in [6.45, 7) is 3.98. The Morgan fingerprint density at radius 3 is 3.14 bits per heavy atom. The quantitative estimate of drug-likeness (QED) is 0.721. The smallest absolute Gasteiger partial charge is 0.217 e. The van der Waals surface area contributed by atoms with Gasteiger partial charge in [0.05, 0.1) is 12.2 Å². The van der Waals surface area contributed by atoms with Crippen LogP contribution in [0.3, 0.4) is 0 Å². The first-order chi connectivity index (χ1) is 6.68. The Hall–Kier alpha value is -1.58. The second-order valence-corrected chi connectivity index (χ2v) is 3.43. The molecule has 0 saturated carbocycles. The number of hydrogen-bond acceptors (Lipinski definition) is 3. The minimum Gasteiger partial charge on any atom is -0.489 e. The summed E-state index contributed by atoms with van der Waals surface area (Å²) in [5.41, 5.74) is 2.11. The summed E-state index contributed by atoms with van der Waals surface area (Å²) in [6.07, 6.45) is 3.46. The van der Waals surface area contributed by atoms with Gasteiger partial charge in [-0.25, -0.2) is 0 Å². The van der Waals surface area contributed by atoms with Gasteiger partial charge >= 0.3 is 0 Å². The van der Waals surface area contributed by atoms with Gasteiger partial charge in [0.1, 0.15) is 12.4 Å². The number of hydrogen-bond donors (Lipinski definition) is 1. The highest BCUT2D eigenvalue weighted by atomic mass is 16.5. The zero-order valence-corrected chi connectivity index (χ0v) is 8.20.